The van der Waals surface area contributed by atoms with E-state index < -0.39 is 47.1 Å². The number of fused-ring (bicyclic) bond motifs is 1. The molecule has 0 bridgehead atoms. The molecule has 2 fully saturated rings. The van der Waals surface area contributed by atoms with Gasteiger partial charge in [0.2, 0.25) is 5.91 Å². The summed E-state index contributed by atoms with van der Waals surface area (Å²) in [6, 6.07) is 9.83. The van der Waals surface area contributed by atoms with Crippen molar-refractivity contribution in [2.75, 3.05) is 36.6 Å². The fraction of sp³-hybridized carbons (Fsp3) is 0.259. The monoisotopic (exact) mass is 519 g/mol. The van der Waals surface area contributed by atoms with Crippen molar-refractivity contribution in [1.82, 2.24) is 14.7 Å². The number of benzene rings is 2. The lowest BCUT2D eigenvalue weighted by Crippen LogP contribution is -2.75. The molecule has 2 saturated heterocycles. The van der Waals surface area contributed by atoms with Crippen molar-refractivity contribution in [2.24, 2.45) is 7.05 Å². The molecule has 0 unspecified atom stereocenters. The number of methoxy groups -OCH3 is 1. The molecule has 1 aromatic heterocycles. The number of hydrogen-bond donors (Lipinski definition) is 0. The van der Waals surface area contributed by atoms with Crippen LogP contribution < -0.4 is 9.80 Å². The van der Waals surface area contributed by atoms with Crippen LogP contribution in [-0.2, 0) is 21.4 Å². The van der Waals surface area contributed by atoms with E-state index in [4.69, 9.17) is 4.74 Å². The van der Waals surface area contributed by atoms with Crippen molar-refractivity contribution >= 4 is 29.2 Å². The average molecular weight is 520 g/mol. The van der Waals surface area contributed by atoms with Gasteiger partial charge in [-0.1, -0.05) is 30.0 Å². The zero-order valence-corrected chi connectivity index (χ0v) is 20.6. The van der Waals surface area contributed by atoms with Crippen LogP contribution >= 0.6 is 0 Å². The number of carbonyl (C=O) groups is 3. The smallest absolute Gasteiger partial charge is 0.332 e. The highest BCUT2D eigenvalue weighted by atomic mass is 19.1. The number of urea groups is 1. The Morgan fingerprint density at radius 2 is 1.71 bits per heavy atom. The Morgan fingerprint density at radius 1 is 1.03 bits per heavy atom. The third-order valence-electron chi connectivity index (χ3n) is 6.57. The van der Waals surface area contributed by atoms with Crippen LogP contribution in [0.3, 0.4) is 0 Å². The first-order valence-corrected chi connectivity index (χ1v) is 11.8. The van der Waals surface area contributed by atoms with Gasteiger partial charge >= 0.3 is 6.03 Å². The number of aryl methyl sites for hydroxylation is 1. The van der Waals surface area contributed by atoms with Gasteiger partial charge in [-0.2, -0.15) is 5.10 Å². The third kappa shape index (κ3) is 4.18. The summed E-state index contributed by atoms with van der Waals surface area (Å²) in [5.74, 6) is 1.80. The number of amides is 4. The number of anilines is 2. The van der Waals surface area contributed by atoms with Crippen LogP contribution in [0.25, 0.3) is 0 Å². The second kappa shape index (κ2) is 9.72. The molecule has 5 rings (SSSR count). The fourth-order valence-electron chi connectivity index (χ4n) is 4.85. The van der Waals surface area contributed by atoms with Gasteiger partial charge < -0.3 is 14.5 Å². The maximum Gasteiger partial charge on any atom is 0.332 e. The molecule has 1 atom stereocenters. The summed E-state index contributed by atoms with van der Waals surface area (Å²) >= 11 is 0. The van der Waals surface area contributed by atoms with Gasteiger partial charge in [0.1, 0.15) is 5.69 Å². The Bertz CT molecular complexity index is 1470. The van der Waals surface area contributed by atoms with Crippen LogP contribution in [0.5, 0.6) is 0 Å². The minimum absolute atomic E-state index is 0.0104. The van der Waals surface area contributed by atoms with E-state index in [9.17, 15) is 14.4 Å². The Morgan fingerprint density at radius 3 is 2.34 bits per heavy atom. The van der Waals surface area contributed by atoms with Crippen molar-refractivity contribution < 1.29 is 27.9 Å². The first kappa shape index (κ1) is 25.1. The molecule has 2 aliphatic heterocycles. The summed E-state index contributed by atoms with van der Waals surface area (Å²) in [5, 5.41) is 4.08. The molecule has 38 heavy (non-hydrogen) atoms. The molecule has 3 aromatic rings. The summed E-state index contributed by atoms with van der Waals surface area (Å²) in [6.45, 7) is -0.161. The van der Waals surface area contributed by atoms with Gasteiger partial charge in [0, 0.05) is 44.6 Å². The van der Waals surface area contributed by atoms with E-state index in [-0.39, 0.29) is 25.3 Å². The molecule has 0 N–H and O–H groups in total. The number of carbonyl (C=O) groups excluding carboxylic acids is 3. The number of rotatable bonds is 4. The molecule has 3 heterocycles. The van der Waals surface area contributed by atoms with E-state index in [1.165, 1.54) is 22.9 Å². The number of ether oxygens (including phenoxy) is 1. The van der Waals surface area contributed by atoms with Crippen molar-refractivity contribution in [3.63, 3.8) is 0 Å². The van der Waals surface area contributed by atoms with Crippen LogP contribution in [-0.4, -0.2) is 64.9 Å². The molecule has 0 radical (unpaired) electrons. The fourth-order valence-corrected chi connectivity index (χ4v) is 4.85. The number of nitrogens with zero attached hydrogens (tertiary/aromatic N) is 5. The number of aromatic nitrogens is 2. The van der Waals surface area contributed by atoms with E-state index in [0.29, 0.717) is 16.2 Å². The minimum atomic E-state index is -1.67. The molecule has 2 aromatic carbocycles. The van der Waals surface area contributed by atoms with E-state index in [0.717, 1.165) is 17.0 Å². The lowest BCUT2D eigenvalue weighted by Gasteiger charge is -2.52. The lowest BCUT2D eigenvalue weighted by molar-refractivity contribution is -0.142. The highest BCUT2D eigenvalue weighted by Gasteiger charge is 2.59. The molecule has 11 heteroatoms. The standard InChI is InChI=1S/C27H23F2N5O4/c1-31-16-20(15-30-31)32-10-11-33-26(37)34(23(35)14-27(33,17-38-2)25(32)36)24-21(28)12-19(13-22(24)29)9-8-18-6-4-3-5-7-18/h3-7,12-13,15-16H,10-11,14,17H2,1-2H3/t27-/m1/s1. The number of piperazine rings is 1. The van der Waals surface area contributed by atoms with Gasteiger partial charge in [-0.3, -0.25) is 14.3 Å². The van der Waals surface area contributed by atoms with Crippen molar-refractivity contribution in [1.29, 1.82) is 0 Å². The van der Waals surface area contributed by atoms with Gasteiger partial charge in [-0.15, -0.1) is 0 Å². The van der Waals surface area contributed by atoms with Crippen molar-refractivity contribution in [2.45, 2.75) is 12.0 Å². The second-order valence-corrected chi connectivity index (χ2v) is 9.04. The third-order valence-corrected chi connectivity index (χ3v) is 6.57. The number of halogens is 2. The SMILES string of the molecule is COC[C@@]12CC(=O)N(c3c(F)cc(C#Cc4ccccc4)cc3F)C(=O)N1CCN(c1cnn(C)c1)C2=O. The van der Waals surface area contributed by atoms with E-state index >= 15 is 8.78 Å². The molecule has 0 aliphatic carbocycles. The van der Waals surface area contributed by atoms with Crippen LogP contribution in [0.15, 0.2) is 54.9 Å². The van der Waals surface area contributed by atoms with Gasteiger partial charge in [0.15, 0.2) is 17.2 Å². The number of imide groups is 1. The van der Waals surface area contributed by atoms with Crippen LogP contribution in [0.1, 0.15) is 17.5 Å². The Hall–Kier alpha value is -4.56. The molecule has 9 nitrogen and oxygen atoms in total. The van der Waals surface area contributed by atoms with E-state index in [1.807, 2.05) is 6.07 Å². The number of hydrogen-bond acceptors (Lipinski definition) is 5. The van der Waals surface area contributed by atoms with E-state index in [2.05, 4.69) is 16.9 Å². The van der Waals surface area contributed by atoms with Crippen LogP contribution in [0, 0.1) is 23.5 Å². The molecule has 194 valence electrons. The molecular formula is C27H23F2N5O4. The molecule has 0 spiro atoms. The first-order chi connectivity index (χ1) is 18.2. The van der Waals surface area contributed by atoms with Crippen LogP contribution in [0.2, 0.25) is 0 Å². The lowest BCUT2D eigenvalue weighted by atomic mass is 9.86. The topological polar surface area (TPSA) is 88.0 Å². The predicted octanol–water partition coefficient (Wildman–Crippen LogP) is 2.69. The Balaban J connectivity index is 1.48. The maximum absolute atomic E-state index is 15.2. The van der Waals surface area contributed by atoms with Crippen LogP contribution in [0.4, 0.5) is 25.0 Å². The van der Waals surface area contributed by atoms with Crippen molar-refractivity contribution in [3.8, 4) is 11.8 Å². The summed E-state index contributed by atoms with van der Waals surface area (Å²) in [4.78, 5) is 43.6. The summed E-state index contributed by atoms with van der Waals surface area (Å²) < 4.78 is 37.2. The molecule has 0 saturated carbocycles. The predicted molar refractivity (Wildman–Crippen MR) is 133 cm³/mol. The normalized spacial score (nSPS) is 19.4. The molecule has 2 aliphatic rings. The molecule has 4 amide bonds. The summed E-state index contributed by atoms with van der Waals surface area (Å²) in [5.41, 5.74) is -1.28. The average Bonchev–Trinajstić information content (AvgIpc) is 3.32. The zero-order chi connectivity index (χ0) is 27.0. The highest BCUT2D eigenvalue weighted by molar-refractivity contribution is 6.21. The first-order valence-electron chi connectivity index (χ1n) is 11.8. The summed E-state index contributed by atoms with van der Waals surface area (Å²) in [7, 11) is 3.04. The quantitative estimate of drug-likeness (QED) is 0.495. The van der Waals surface area contributed by atoms with Crippen molar-refractivity contribution in [3.05, 3.63) is 77.6 Å². The van der Waals surface area contributed by atoms with Gasteiger partial charge in [0.25, 0.3) is 5.91 Å². The maximum atomic E-state index is 15.2. The Kier molecular flexibility index (Phi) is 6.42. The zero-order valence-electron chi connectivity index (χ0n) is 20.6. The van der Waals surface area contributed by atoms with Gasteiger partial charge in [-0.05, 0) is 24.3 Å². The highest BCUT2D eigenvalue weighted by Crippen LogP contribution is 2.38. The van der Waals surface area contributed by atoms with E-state index in [1.54, 1.807) is 37.5 Å². The largest absolute Gasteiger partial charge is 0.382 e. The minimum Gasteiger partial charge on any atom is -0.382 e. The Labute approximate surface area is 217 Å². The van der Waals surface area contributed by atoms with Gasteiger partial charge in [-0.25, -0.2) is 18.5 Å². The molecular weight excluding hydrogens is 496 g/mol. The summed E-state index contributed by atoms with van der Waals surface area (Å²) in [6.07, 6.45) is 2.62. The second-order valence-electron chi connectivity index (χ2n) is 9.04. The van der Waals surface area contributed by atoms with Gasteiger partial charge in [0.05, 0.1) is 24.9 Å².